The van der Waals surface area contributed by atoms with Crippen molar-refractivity contribution in [1.29, 1.82) is 0 Å². The zero-order valence-corrected chi connectivity index (χ0v) is 12.9. The van der Waals surface area contributed by atoms with Crippen LogP contribution in [0.4, 0.5) is 0 Å². The van der Waals surface area contributed by atoms with E-state index in [0.29, 0.717) is 5.56 Å². The van der Waals surface area contributed by atoms with Crippen molar-refractivity contribution in [1.82, 2.24) is 0 Å². The predicted octanol–water partition coefficient (Wildman–Crippen LogP) is 4.43. The Morgan fingerprint density at radius 1 is 0.850 bits per heavy atom. The van der Waals surface area contributed by atoms with E-state index in [0.717, 1.165) is 26.0 Å². The van der Waals surface area contributed by atoms with Gasteiger partial charge < -0.3 is 9.79 Å². The minimum absolute atomic E-state index is 0.249. The molecule has 2 N–H and O–H groups in total. The average molecular weight is 351 g/mol. The Morgan fingerprint density at radius 2 is 1.25 bits per heavy atom. The Labute approximate surface area is 124 Å². The number of hydrogen-bond donors (Lipinski definition) is 2. The molecule has 0 aliphatic heterocycles. The summed E-state index contributed by atoms with van der Waals surface area (Å²) in [5.74, 6) is 0. The monoisotopic (exact) mass is 350 g/mol. The number of fused-ring (bicyclic) bond motifs is 2. The van der Waals surface area contributed by atoms with Gasteiger partial charge in [0.05, 0.1) is 6.16 Å². The summed E-state index contributed by atoms with van der Waals surface area (Å²) in [5.41, 5.74) is 0.702. The number of halogens is 1. The minimum atomic E-state index is -4.13. The molecule has 0 saturated carbocycles. The molecule has 5 heteroatoms. The van der Waals surface area contributed by atoms with Gasteiger partial charge in [-0.3, -0.25) is 4.57 Å². The first-order valence-corrected chi connectivity index (χ1v) is 8.69. The first-order valence-electron chi connectivity index (χ1n) is 6.10. The molecule has 3 aromatic rings. The molecule has 0 bridgehead atoms. The van der Waals surface area contributed by atoms with E-state index < -0.39 is 7.60 Å². The Morgan fingerprint density at radius 3 is 1.65 bits per heavy atom. The van der Waals surface area contributed by atoms with Gasteiger partial charge in [0.15, 0.2) is 0 Å². The van der Waals surface area contributed by atoms with Gasteiger partial charge in [-0.1, -0.05) is 48.5 Å². The highest BCUT2D eigenvalue weighted by Crippen LogP contribution is 2.45. The van der Waals surface area contributed by atoms with E-state index in [4.69, 9.17) is 0 Å². The molecule has 0 saturated heterocycles. The smallest absolute Gasteiger partial charge is 0.324 e. The van der Waals surface area contributed by atoms with E-state index in [2.05, 4.69) is 15.9 Å². The summed E-state index contributed by atoms with van der Waals surface area (Å²) in [7, 11) is -4.13. The van der Waals surface area contributed by atoms with Gasteiger partial charge in [-0.15, -0.1) is 0 Å². The molecule has 0 atom stereocenters. The number of benzene rings is 3. The van der Waals surface area contributed by atoms with Gasteiger partial charge in [-0.05, 0) is 43.0 Å². The zero-order chi connectivity index (χ0) is 14.3. The highest BCUT2D eigenvalue weighted by atomic mass is 79.9. The fourth-order valence-electron chi connectivity index (χ4n) is 2.54. The second kappa shape index (κ2) is 4.97. The molecule has 20 heavy (non-hydrogen) atoms. The molecular weight excluding hydrogens is 339 g/mol. The maximum Gasteiger partial charge on any atom is 0.329 e. The van der Waals surface area contributed by atoms with Crippen LogP contribution >= 0.6 is 23.5 Å². The summed E-state index contributed by atoms with van der Waals surface area (Å²) in [6.45, 7) is 0. The zero-order valence-electron chi connectivity index (χ0n) is 10.5. The Hall–Kier alpha value is -1.19. The molecule has 3 rings (SSSR count). The third-order valence-corrected chi connectivity index (χ3v) is 4.92. The maximum atomic E-state index is 11.5. The molecule has 0 heterocycles. The van der Waals surface area contributed by atoms with Crippen LogP contribution in [0.2, 0.25) is 0 Å². The molecule has 0 unspecified atom stereocenters. The highest BCUT2D eigenvalue weighted by Gasteiger charge is 2.20. The largest absolute Gasteiger partial charge is 0.329 e. The van der Waals surface area contributed by atoms with Crippen molar-refractivity contribution in [2.45, 2.75) is 6.16 Å². The quantitative estimate of drug-likeness (QED) is 0.530. The molecular formula is C15H12BrO3P. The Kier molecular flexibility index (Phi) is 3.43. The van der Waals surface area contributed by atoms with Crippen molar-refractivity contribution in [3.8, 4) is 0 Å². The molecule has 0 radical (unpaired) electrons. The minimum Gasteiger partial charge on any atom is -0.324 e. The van der Waals surface area contributed by atoms with Crippen LogP contribution < -0.4 is 0 Å². The lowest BCUT2D eigenvalue weighted by Crippen LogP contribution is -1.93. The highest BCUT2D eigenvalue weighted by molar-refractivity contribution is 9.10. The second-order valence-corrected chi connectivity index (χ2v) is 7.15. The van der Waals surface area contributed by atoms with E-state index in [9.17, 15) is 14.4 Å². The van der Waals surface area contributed by atoms with Gasteiger partial charge in [0.25, 0.3) is 0 Å². The summed E-state index contributed by atoms with van der Waals surface area (Å²) in [6, 6.07) is 15.3. The van der Waals surface area contributed by atoms with Crippen molar-refractivity contribution in [3.05, 3.63) is 58.6 Å². The van der Waals surface area contributed by atoms with Crippen LogP contribution in [0.15, 0.2) is 53.0 Å². The average Bonchev–Trinajstić information content (AvgIpc) is 2.42. The molecule has 3 aromatic carbocycles. The summed E-state index contributed by atoms with van der Waals surface area (Å²) in [4.78, 5) is 18.7. The first kappa shape index (κ1) is 13.8. The van der Waals surface area contributed by atoms with Crippen molar-refractivity contribution in [2.75, 3.05) is 0 Å². The van der Waals surface area contributed by atoms with Crippen molar-refractivity contribution in [2.24, 2.45) is 0 Å². The van der Waals surface area contributed by atoms with Crippen LogP contribution in [0.25, 0.3) is 21.5 Å². The predicted molar refractivity (Wildman–Crippen MR) is 84.9 cm³/mol. The Bertz CT molecular complexity index is 797. The second-order valence-electron chi connectivity index (χ2n) is 4.71. The normalized spacial score (nSPS) is 12.2. The SMILES string of the molecule is O=P(O)(O)Cc1c2ccccc2c(Br)c2ccccc12. The van der Waals surface area contributed by atoms with Gasteiger partial charge in [-0.25, -0.2) is 0 Å². The number of rotatable bonds is 2. The molecule has 0 aromatic heterocycles. The molecule has 102 valence electrons. The fraction of sp³-hybridized carbons (Fsp3) is 0.0667. The van der Waals surface area contributed by atoms with Crippen molar-refractivity contribution in [3.63, 3.8) is 0 Å². The molecule has 0 fully saturated rings. The molecule has 3 nitrogen and oxygen atoms in total. The molecule has 0 aliphatic carbocycles. The number of hydrogen-bond acceptors (Lipinski definition) is 1. The van der Waals surface area contributed by atoms with E-state index in [1.807, 2.05) is 48.5 Å². The van der Waals surface area contributed by atoms with Gasteiger partial charge in [0, 0.05) is 4.47 Å². The van der Waals surface area contributed by atoms with Crippen LogP contribution in [0.1, 0.15) is 5.56 Å². The van der Waals surface area contributed by atoms with Crippen LogP contribution in [0.5, 0.6) is 0 Å². The lowest BCUT2D eigenvalue weighted by molar-refractivity contribution is 0.372. The lowest BCUT2D eigenvalue weighted by atomic mass is 9.98. The van der Waals surface area contributed by atoms with E-state index in [1.165, 1.54) is 0 Å². The topological polar surface area (TPSA) is 57.5 Å². The van der Waals surface area contributed by atoms with Crippen LogP contribution in [-0.2, 0) is 10.7 Å². The lowest BCUT2D eigenvalue weighted by Gasteiger charge is -2.14. The molecule has 0 amide bonds. The summed E-state index contributed by atoms with van der Waals surface area (Å²) >= 11 is 3.60. The van der Waals surface area contributed by atoms with Gasteiger partial charge in [0.2, 0.25) is 0 Å². The van der Waals surface area contributed by atoms with Gasteiger partial charge in [0.1, 0.15) is 0 Å². The summed E-state index contributed by atoms with van der Waals surface area (Å²) < 4.78 is 12.4. The van der Waals surface area contributed by atoms with Crippen molar-refractivity contribution >= 4 is 45.1 Å². The maximum absolute atomic E-state index is 11.5. The van der Waals surface area contributed by atoms with Gasteiger partial charge >= 0.3 is 7.60 Å². The fourth-order valence-corrected chi connectivity index (χ4v) is 3.99. The van der Waals surface area contributed by atoms with E-state index >= 15 is 0 Å². The van der Waals surface area contributed by atoms with E-state index in [1.54, 1.807) is 0 Å². The molecule has 0 spiro atoms. The third-order valence-electron chi connectivity index (χ3n) is 3.34. The summed E-state index contributed by atoms with van der Waals surface area (Å²) in [6.07, 6.45) is -0.249. The van der Waals surface area contributed by atoms with E-state index in [-0.39, 0.29) is 6.16 Å². The van der Waals surface area contributed by atoms with Gasteiger partial charge in [-0.2, -0.15) is 0 Å². The first-order chi connectivity index (χ1) is 9.47. The summed E-state index contributed by atoms with van der Waals surface area (Å²) in [5, 5.41) is 3.69. The molecule has 0 aliphatic rings. The van der Waals surface area contributed by atoms with Crippen molar-refractivity contribution < 1.29 is 14.4 Å². The Balaban J connectivity index is 2.49. The van der Waals surface area contributed by atoms with Crippen LogP contribution in [-0.4, -0.2) is 9.79 Å². The third kappa shape index (κ3) is 2.40. The van der Waals surface area contributed by atoms with Crippen LogP contribution in [0, 0.1) is 0 Å². The van der Waals surface area contributed by atoms with Crippen LogP contribution in [0.3, 0.4) is 0 Å². The standard InChI is InChI=1S/C15H12BrO3P/c16-15-12-7-3-1-5-10(12)14(9-20(17,18)19)11-6-2-4-8-13(11)15/h1-8H,9H2,(H2,17,18,19).